The highest BCUT2D eigenvalue weighted by molar-refractivity contribution is 5.92. The Labute approximate surface area is 153 Å². The minimum Gasteiger partial charge on any atom is -0.336 e. The summed E-state index contributed by atoms with van der Waals surface area (Å²) in [6, 6.07) is 6.91. The number of carbonyl (C=O) groups excluding carboxylic acids is 1. The fourth-order valence-electron chi connectivity index (χ4n) is 3.47. The van der Waals surface area contributed by atoms with Crippen molar-refractivity contribution >= 4 is 5.91 Å². The summed E-state index contributed by atoms with van der Waals surface area (Å²) in [5, 5.41) is 0. The highest BCUT2D eigenvalue weighted by Crippen LogP contribution is 2.21. The minimum atomic E-state index is -0.217. The molecule has 0 spiro atoms. The molecule has 26 heavy (non-hydrogen) atoms. The molecular formula is C20H25FN4O. The van der Waals surface area contributed by atoms with E-state index in [4.69, 9.17) is 0 Å². The lowest BCUT2D eigenvalue weighted by molar-refractivity contribution is 0.0696. The van der Waals surface area contributed by atoms with Crippen LogP contribution in [0.2, 0.25) is 0 Å². The summed E-state index contributed by atoms with van der Waals surface area (Å²) < 4.78 is 13.2. The van der Waals surface area contributed by atoms with Gasteiger partial charge in [0.15, 0.2) is 0 Å². The van der Waals surface area contributed by atoms with E-state index in [2.05, 4.69) is 28.7 Å². The molecule has 0 radical (unpaired) electrons. The molecule has 3 rings (SSSR count). The maximum absolute atomic E-state index is 13.2. The van der Waals surface area contributed by atoms with E-state index < -0.39 is 0 Å². The Morgan fingerprint density at radius 3 is 2.65 bits per heavy atom. The maximum atomic E-state index is 13.2. The van der Waals surface area contributed by atoms with Gasteiger partial charge in [0, 0.05) is 44.6 Å². The van der Waals surface area contributed by atoms with Gasteiger partial charge in [-0.2, -0.15) is 0 Å². The smallest absolute Gasteiger partial charge is 0.274 e. The lowest BCUT2D eigenvalue weighted by Crippen LogP contribution is -2.45. The second-order valence-electron chi connectivity index (χ2n) is 7.10. The first kappa shape index (κ1) is 18.5. The van der Waals surface area contributed by atoms with Crippen molar-refractivity contribution in [3.05, 3.63) is 59.9 Å². The summed E-state index contributed by atoms with van der Waals surface area (Å²) in [7, 11) is 0. The molecule has 1 aliphatic heterocycles. The number of hydrogen-bond donors (Lipinski definition) is 0. The first-order chi connectivity index (χ1) is 12.5. The Morgan fingerprint density at radius 1 is 1.23 bits per heavy atom. The Morgan fingerprint density at radius 2 is 2.00 bits per heavy atom. The Hall–Kier alpha value is -2.34. The van der Waals surface area contributed by atoms with Crippen LogP contribution in [-0.4, -0.2) is 51.4 Å². The van der Waals surface area contributed by atoms with Crippen molar-refractivity contribution < 1.29 is 9.18 Å². The van der Waals surface area contributed by atoms with E-state index in [1.807, 2.05) is 17.0 Å². The highest BCUT2D eigenvalue weighted by atomic mass is 19.1. The van der Waals surface area contributed by atoms with Gasteiger partial charge in [-0.1, -0.05) is 26.0 Å². The average Bonchev–Trinajstić information content (AvgIpc) is 2.86. The predicted molar refractivity (Wildman–Crippen MR) is 98.0 cm³/mol. The van der Waals surface area contributed by atoms with Gasteiger partial charge in [0.1, 0.15) is 11.5 Å². The van der Waals surface area contributed by atoms with Crippen LogP contribution in [-0.2, 0) is 6.54 Å². The van der Waals surface area contributed by atoms with Crippen LogP contribution < -0.4 is 0 Å². The summed E-state index contributed by atoms with van der Waals surface area (Å²) in [6.07, 6.45) is 5.54. The number of halogens is 1. The van der Waals surface area contributed by atoms with E-state index in [0.717, 1.165) is 25.1 Å². The Bertz CT molecular complexity index is 720. The summed E-state index contributed by atoms with van der Waals surface area (Å²) in [5.41, 5.74) is 1.48. The number of aromatic nitrogens is 2. The van der Waals surface area contributed by atoms with Crippen molar-refractivity contribution in [2.75, 3.05) is 19.6 Å². The molecule has 5 nitrogen and oxygen atoms in total. The second kappa shape index (κ2) is 8.36. The minimum absolute atomic E-state index is 0.0626. The maximum Gasteiger partial charge on any atom is 0.274 e. The van der Waals surface area contributed by atoms with Gasteiger partial charge in [-0.05, 0) is 30.0 Å². The Balaban J connectivity index is 1.75. The molecule has 0 bridgehead atoms. The topological polar surface area (TPSA) is 49.3 Å². The normalized spacial score (nSPS) is 18.8. The van der Waals surface area contributed by atoms with Gasteiger partial charge < -0.3 is 4.90 Å². The first-order valence-electron chi connectivity index (χ1n) is 9.08. The van der Waals surface area contributed by atoms with Crippen LogP contribution in [0.4, 0.5) is 4.39 Å². The van der Waals surface area contributed by atoms with E-state index in [1.54, 1.807) is 12.4 Å². The average molecular weight is 356 g/mol. The van der Waals surface area contributed by atoms with Crippen LogP contribution in [0, 0.1) is 11.7 Å². The van der Waals surface area contributed by atoms with E-state index in [0.29, 0.717) is 24.7 Å². The first-order valence-corrected chi connectivity index (χ1v) is 9.08. The van der Waals surface area contributed by atoms with E-state index in [-0.39, 0.29) is 17.8 Å². The molecule has 0 N–H and O–H groups in total. The predicted octanol–water partition coefficient (Wildman–Crippen LogP) is 2.99. The molecule has 0 aliphatic carbocycles. The quantitative estimate of drug-likeness (QED) is 0.845. The van der Waals surface area contributed by atoms with Crippen LogP contribution in [0.15, 0.2) is 42.9 Å². The van der Waals surface area contributed by atoms with Crippen LogP contribution in [0.5, 0.6) is 0 Å². The van der Waals surface area contributed by atoms with Gasteiger partial charge in [-0.15, -0.1) is 0 Å². The van der Waals surface area contributed by atoms with Crippen molar-refractivity contribution in [1.29, 1.82) is 0 Å². The zero-order chi connectivity index (χ0) is 18.5. The van der Waals surface area contributed by atoms with Crippen LogP contribution in [0.1, 0.15) is 36.3 Å². The summed E-state index contributed by atoms with van der Waals surface area (Å²) >= 11 is 0. The van der Waals surface area contributed by atoms with E-state index in [9.17, 15) is 9.18 Å². The molecule has 1 saturated heterocycles. The zero-order valence-electron chi connectivity index (χ0n) is 15.3. The number of carbonyl (C=O) groups is 1. The molecule has 1 aromatic carbocycles. The van der Waals surface area contributed by atoms with Gasteiger partial charge in [-0.3, -0.25) is 14.7 Å². The number of rotatable bonds is 4. The van der Waals surface area contributed by atoms with Gasteiger partial charge in [-0.25, -0.2) is 9.37 Å². The van der Waals surface area contributed by atoms with Gasteiger partial charge >= 0.3 is 0 Å². The molecule has 1 aliphatic rings. The molecule has 1 amide bonds. The number of benzene rings is 1. The van der Waals surface area contributed by atoms with Crippen LogP contribution in [0.25, 0.3) is 0 Å². The molecule has 0 saturated carbocycles. The van der Waals surface area contributed by atoms with Gasteiger partial charge in [0.25, 0.3) is 5.91 Å². The molecule has 138 valence electrons. The highest BCUT2D eigenvalue weighted by Gasteiger charge is 2.30. The van der Waals surface area contributed by atoms with Gasteiger partial charge in [0.2, 0.25) is 0 Å². The summed E-state index contributed by atoms with van der Waals surface area (Å²) in [4.78, 5) is 25.2. The zero-order valence-corrected chi connectivity index (χ0v) is 15.3. The van der Waals surface area contributed by atoms with Crippen molar-refractivity contribution in [3.8, 4) is 0 Å². The van der Waals surface area contributed by atoms with Crippen molar-refractivity contribution in [2.24, 2.45) is 5.92 Å². The standard InChI is InChI=1S/C20H25FN4O/c1-15(2)19-14-25(20(26)18-12-22-8-9-23-18)11-3-10-24(19)13-16-4-6-17(21)7-5-16/h4-9,12,15,19H,3,10-11,13-14H2,1-2H3/t19-/m1/s1. The van der Waals surface area contributed by atoms with E-state index >= 15 is 0 Å². The molecule has 2 aromatic rings. The molecule has 1 atom stereocenters. The third-order valence-corrected chi connectivity index (χ3v) is 4.89. The van der Waals surface area contributed by atoms with Gasteiger partial charge in [0.05, 0.1) is 6.20 Å². The number of nitrogens with zero attached hydrogens (tertiary/aromatic N) is 4. The number of hydrogen-bond acceptors (Lipinski definition) is 4. The Kier molecular flexibility index (Phi) is 5.93. The van der Waals surface area contributed by atoms with Crippen LogP contribution >= 0.6 is 0 Å². The molecule has 0 unspecified atom stereocenters. The largest absolute Gasteiger partial charge is 0.336 e. The van der Waals surface area contributed by atoms with E-state index in [1.165, 1.54) is 18.3 Å². The van der Waals surface area contributed by atoms with Crippen molar-refractivity contribution in [3.63, 3.8) is 0 Å². The molecule has 1 aromatic heterocycles. The molecule has 1 fully saturated rings. The summed E-state index contributed by atoms with van der Waals surface area (Å²) in [5.74, 6) is 0.115. The molecular weight excluding hydrogens is 331 g/mol. The lowest BCUT2D eigenvalue weighted by Gasteiger charge is -2.34. The lowest BCUT2D eigenvalue weighted by atomic mass is 10.0. The molecule has 6 heteroatoms. The van der Waals surface area contributed by atoms with Crippen LogP contribution in [0.3, 0.4) is 0 Å². The SMILES string of the molecule is CC(C)[C@H]1CN(C(=O)c2cnccn2)CCCN1Cc1ccc(F)cc1. The monoisotopic (exact) mass is 356 g/mol. The second-order valence-corrected chi connectivity index (χ2v) is 7.10. The third-order valence-electron chi connectivity index (χ3n) is 4.89. The van der Waals surface area contributed by atoms with Crippen molar-refractivity contribution in [2.45, 2.75) is 32.9 Å². The fraction of sp³-hybridized carbons (Fsp3) is 0.450. The number of amides is 1. The van der Waals surface area contributed by atoms with Crippen molar-refractivity contribution in [1.82, 2.24) is 19.8 Å². The fourth-order valence-corrected chi connectivity index (χ4v) is 3.47. The third kappa shape index (κ3) is 4.43. The summed E-state index contributed by atoms with van der Waals surface area (Å²) in [6.45, 7) is 7.39. The molecule has 2 heterocycles.